The number of halogens is 3. The van der Waals surface area contributed by atoms with Crippen molar-refractivity contribution < 1.29 is 32.2 Å². The molecular formula is C33H36F3N3O4. The van der Waals surface area contributed by atoms with Crippen LogP contribution in [-0.4, -0.2) is 61.0 Å². The van der Waals surface area contributed by atoms with Crippen LogP contribution in [-0.2, 0) is 17.5 Å². The molecule has 5 rings (SSSR count). The summed E-state index contributed by atoms with van der Waals surface area (Å²) < 4.78 is 49.3. The van der Waals surface area contributed by atoms with Crippen molar-refractivity contribution >= 4 is 17.4 Å². The third-order valence-corrected chi connectivity index (χ3v) is 8.31. The number of carbonyl (C=O) groups is 2. The normalized spacial score (nSPS) is 17.1. The van der Waals surface area contributed by atoms with E-state index in [2.05, 4.69) is 14.8 Å². The van der Waals surface area contributed by atoms with Gasteiger partial charge in [-0.05, 0) is 79.9 Å². The molecule has 3 aromatic rings. The van der Waals surface area contributed by atoms with Gasteiger partial charge in [0, 0.05) is 62.4 Å². The predicted octanol–water partition coefficient (Wildman–Crippen LogP) is 6.42. The van der Waals surface area contributed by atoms with E-state index in [1.165, 1.54) is 19.2 Å². The quantitative estimate of drug-likeness (QED) is 0.209. The summed E-state index contributed by atoms with van der Waals surface area (Å²) in [6, 6.07) is 16.2. The van der Waals surface area contributed by atoms with Gasteiger partial charge in [-0.3, -0.25) is 9.69 Å². The Morgan fingerprint density at radius 1 is 0.860 bits per heavy atom. The lowest BCUT2D eigenvalue weighted by Crippen LogP contribution is -2.38. The van der Waals surface area contributed by atoms with Gasteiger partial charge in [-0.25, -0.2) is 9.78 Å². The molecule has 2 aliphatic heterocycles. The number of likely N-dealkylation sites (tertiary alicyclic amines) is 1. The molecule has 2 aliphatic rings. The minimum Gasteiger partial charge on any atom is -0.474 e. The molecule has 2 saturated heterocycles. The highest BCUT2D eigenvalue weighted by Crippen LogP contribution is 2.31. The Labute approximate surface area is 249 Å². The summed E-state index contributed by atoms with van der Waals surface area (Å²) in [5, 5.41) is 0. The molecule has 0 atom stereocenters. The van der Waals surface area contributed by atoms with E-state index < -0.39 is 11.7 Å². The van der Waals surface area contributed by atoms with Gasteiger partial charge in [0.2, 0.25) is 5.88 Å². The second-order valence-corrected chi connectivity index (χ2v) is 11.3. The number of ether oxygens (including phenoxy) is 2. The maximum atomic E-state index is 12.9. The van der Waals surface area contributed by atoms with E-state index in [-0.39, 0.29) is 17.9 Å². The monoisotopic (exact) mass is 595 g/mol. The molecule has 1 aromatic heterocycles. The number of anilines is 1. The van der Waals surface area contributed by atoms with E-state index in [9.17, 15) is 22.8 Å². The summed E-state index contributed by atoms with van der Waals surface area (Å²) >= 11 is 0. The number of rotatable bonds is 9. The Morgan fingerprint density at radius 3 is 2.09 bits per heavy atom. The minimum atomic E-state index is -4.34. The van der Waals surface area contributed by atoms with Crippen LogP contribution in [0, 0.1) is 5.92 Å². The Bertz CT molecular complexity index is 1360. The zero-order valence-corrected chi connectivity index (χ0v) is 24.2. The van der Waals surface area contributed by atoms with E-state index >= 15 is 0 Å². The Morgan fingerprint density at radius 2 is 1.51 bits per heavy atom. The number of piperidine rings is 2. The maximum Gasteiger partial charge on any atom is 0.416 e. The number of methoxy groups -OCH3 is 1. The molecule has 0 N–H and O–H groups in total. The molecule has 0 radical (unpaired) electrons. The average molecular weight is 596 g/mol. The topological polar surface area (TPSA) is 72.0 Å². The minimum absolute atomic E-state index is 0.0456. The predicted molar refractivity (Wildman–Crippen MR) is 156 cm³/mol. The van der Waals surface area contributed by atoms with Crippen LogP contribution < -0.4 is 9.64 Å². The van der Waals surface area contributed by atoms with Crippen molar-refractivity contribution in [3.8, 4) is 5.88 Å². The molecule has 2 fully saturated rings. The number of carbonyl (C=O) groups excluding carboxylic acids is 2. The molecule has 43 heavy (non-hydrogen) atoms. The van der Waals surface area contributed by atoms with Crippen molar-refractivity contribution in [1.29, 1.82) is 0 Å². The van der Waals surface area contributed by atoms with Gasteiger partial charge in [-0.15, -0.1) is 0 Å². The second-order valence-electron chi connectivity index (χ2n) is 11.3. The molecule has 0 aliphatic carbocycles. The van der Waals surface area contributed by atoms with Gasteiger partial charge in [-0.1, -0.05) is 12.1 Å². The third kappa shape index (κ3) is 8.13. The number of Topliss-reactive ketones (excluding diaryl/α,β-unsaturated/α-hetero) is 1. The molecular weight excluding hydrogens is 559 g/mol. The number of pyridine rings is 1. The van der Waals surface area contributed by atoms with E-state index in [1.807, 2.05) is 12.1 Å². The summed E-state index contributed by atoms with van der Waals surface area (Å²) in [7, 11) is 1.37. The standard InChI is InChI=1S/C33H36F3N3O4/c1-42-32(41)25-4-2-24(3-5-25)22-38-16-12-23(13-17-38)20-30(40)26-6-11-31(37-21-26)43-29-14-18-39(19-15-29)28-9-7-27(8-10-28)33(34,35)36/h2-11,21,23,29H,12-20,22H2,1H3. The molecule has 0 spiro atoms. The summed E-state index contributed by atoms with van der Waals surface area (Å²) in [5.74, 6) is 0.543. The van der Waals surface area contributed by atoms with Crippen LogP contribution in [0.3, 0.4) is 0 Å². The smallest absolute Gasteiger partial charge is 0.416 e. The number of aromatic nitrogens is 1. The van der Waals surface area contributed by atoms with Crippen molar-refractivity contribution in [3.63, 3.8) is 0 Å². The first-order valence-electron chi connectivity index (χ1n) is 14.7. The first kappa shape index (κ1) is 30.5. The van der Waals surface area contributed by atoms with Gasteiger partial charge in [0.25, 0.3) is 0 Å². The first-order chi connectivity index (χ1) is 20.7. The summed E-state index contributed by atoms with van der Waals surface area (Å²) in [6.45, 7) is 3.99. The van der Waals surface area contributed by atoms with Crippen LogP contribution in [0.25, 0.3) is 0 Å². The Balaban J connectivity index is 1.03. The van der Waals surface area contributed by atoms with Gasteiger partial charge in [0.1, 0.15) is 6.10 Å². The molecule has 0 amide bonds. The fraction of sp³-hybridized carbons (Fsp3) is 0.424. The zero-order valence-electron chi connectivity index (χ0n) is 24.2. The average Bonchev–Trinajstić information content (AvgIpc) is 3.02. The van der Waals surface area contributed by atoms with Gasteiger partial charge in [-0.2, -0.15) is 13.2 Å². The van der Waals surface area contributed by atoms with E-state index in [0.29, 0.717) is 42.4 Å². The summed E-state index contributed by atoms with van der Waals surface area (Å²) in [5.41, 5.74) is 2.38. The number of alkyl halides is 3. The maximum absolute atomic E-state index is 12.9. The fourth-order valence-electron chi connectivity index (χ4n) is 5.73. The number of hydrogen-bond donors (Lipinski definition) is 0. The number of nitrogens with zero attached hydrogens (tertiary/aromatic N) is 3. The van der Waals surface area contributed by atoms with Crippen molar-refractivity contribution in [3.05, 3.63) is 89.1 Å². The van der Waals surface area contributed by atoms with Gasteiger partial charge >= 0.3 is 12.1 Å². The fourth-order valence-corrected chi connectivity index (χ4v) is 5.73. The van der Waals surface area contributed by atoms with E-state index in [0.717, 1.165) is 68.7 Å². The third-order valence-electron chi connectivity index (χ3n) is 8.31. The molecule has 0 bridgehead atoms. The number of benzene rings is 2. The lowest BCUT2D eigenvalue weighted by atomic mass is 9.90. The SMILES string of the molecule is COC(=O)c1ccc(CN2CCC(CC(=O)c3ccc(OC4CCN(c5ccc(C(F)(F)F)cc5)CC4)nc3)CC2)cc1. The molecule has 7 nitrogen and oxygen atoms in total. The number of ketones is 1. The van der Waals surface area contributed by atoms with Crippen LogP contribution in [0.1, 0.15) is 63.9 Å². The van der Waals surface area contributed by atoms with Crippen LogP contribution in [0.15, 0.2) is 66.9 Å². The Kier molecular flexibility index (Phi) is 9.65. The van der Waals surface area contributed by atoms with E-state index in [4.69, 9.17) is 9.47 Å². The van der Waals surface area contributed by atoms with Crippen molar-refractivity contribution in [2.24, 2.45) is 5.92 Å². The van der Waals surface area contributed by atoms with Crippen molar-refractivity contribution in [2.75, 3.05) is 38.2 Å². The van der Waals surface area contributed by atoms with Crippen LogP contribution in [0.2, 0.25) is 0 Å². The van der Waals surface area contributed by atoms with Gasteiger partial charge in [0.15, 0.2) is 5.78 Å². The molecule has 10 heteroatoms. The van der Waals surface area contributed by atoms with Gasteiger partial charge in [0.05, 0.1) is 18.2 Å². The molecule has 0 unspecified atom stereocenters. The second kappa shape index (κ2) is 13.6. The zero-order chi connectivity index (χ0) is 30.4. The van der Waals surface area contributed by atoms with Crippen molar-refractivity contribution in [1.82, 2.24) is 9.88 Å². The van der Waals surface area contributed by atoms with Crippen molar-refractivity contribution in [2.45, 2.75) is 50.9 Å². The highest BCUT2D eigenvalue weighted by molar-refractivity contribution is 5.96. The molecule has 2 aromatic carbocycles. The van der Waals surface area contributed by atoms with Crippen LogP contribution in [0.5, 0.6) is 5.88 Å². The van der Waals surface area contributed by atoms with E-state index in [1.54, 1.807) is 30.5 Å². The molecule has 3 heterocycles. The highest BCUT2D eigenvalue weighted by Gasteiger charge is 2.30. The number of esters is 1. The molecule has 228 valence electrons. The first-order valence-corrected chi connectivity index (χ1v) is 14.7. The summed E-state index contributed by atoms with van der Waals surface area (Å²) in [4.78, 5) is 33.4. The number of hydrogen-bond acceptors (Lipinski definition) is 7. The summed E-state index contributed by atoms with van der Waals surface area (Å²) in [6.07, 6.45) is 1.04. The van der Waals surface area contributed by atoms with Crippen LogP contribution in [0.4, 0.5) is 18.9 Å². The van der Waals surface area contributed by atoms with Gasteiger partial charge < -0.3 is 14.4 Å². The largest absolute Gasteiger partial charge is 0.474 e. The lowest BCUT2D eigenvalue weighted by molar-refractivity contribution is -0.137. The Hall–Kier alpha value is -3.92. The lowest BCUT2D eigenvalue weighted by Gasteiger charge is -2.33. The highest BCUT2D eigenvalue weighted by atomic mass is 19.4. The van der Waals surface area contributed by atoms with Crippen LogP contribution >= 0.6 is 0 Å². The molecule has 0 saturated carbocycles.